The fourth-order valence-corrected chi connectivity index (χ4v) is 1.80. The van der Waals surface area contributed by atoms with E-state index in [1.165, 1.54) is 11.8 Å². The van der Waals surface area contributed by atoms with Crippen LogP contribution in [0.15, 0.2) is 67.0 Å². The van der Waals surface area contributed by atoms with Gasteiger partial charge in [-0.3, -0.25) is 0 Å². The van der Waals surface area contributed by atoms with Crippen LogP contribution in [0.2, 0.25) is 0 Å². The van der Waals surface area contributed by atoms with Gasteiger partial charge in [-0.15, -0.1) is 0 Å². The number of hydrogen-bond acceptors (Lipinski definition) is 5. The molecule has 2 rings (SSSR count). The predicted octanol–water partition coefficient (Wildman–Crippen LogP) is 2.19. The lowest BCUT2D eigenvalue weighted by Gasteiger charge is -2.10. The molecule has 0 fully saturated rings. The summed E-state index contributed by atoms with van der Waals surface area (Å²) in [5.41, 5.74) is 14.7. The van der Waals surface area contributed by atoms with Gasteiger partial charge >= 0.3 is 0 Å². The topological polar surface area (TPSA) is 74.1 Å². The van der Waals surface area contributed by atoms with Gasteiger partial charge in [-0.1, -0.05) is 30.3 Å². The summed E-state index contributed by atoms with van der Waals surface area (Å²) in [4.78, 5) is 0. The fraction of sp³-hybridized carbons (Fsp3) is 0.125. The van der Waals surface area contributed by atoms with Gasteiger partial charge in [0.05, 0.1) is 6.67 Å². The van der Waals surface area contributed by atoms with Crippen molar-refractivity contribution in [3.8, 4) is 0 Å². The summed E-state index contributed by atoms with van der Waals surface area (Å²) in [6, 6.07) is 18.4. The summed E-state index contributed by atoms with van der Waals surface area (Å²) in [5, 5.41) is 6.35. The Kier molecular flexibility index (Phi) is 5.97. The largest absolute Gasteiger partial charge is 0.403 e. The third-order valence-corrected chi connectivity index (χ3v) is 2.86. The van der Waals surface area contributed by atoms with Crippen LogP contribution in [0.25, 0.3) is 0 Å². The number of benzene rings is 2. The van der Waals surface area contributed by atoms with Crippen molar-refractivity contribution in [1.29, 1.82) is 0 Å². The molecule has 0 heterocycles. The average molecular weight is 283 g/mol. The predicted molar refractivity (Wildman–Crippen MR) is 88.3 cm³/mol. The van der Waals surface area contributed by atoms with Gasteiger partial charge in [0.1, 0.15) is 0 Å². The molecule has 0 unspecified atom stereocenters. The third kappa shape index (κ3) is 5.46. The van der Waals surface area contributed by atoms with E-state index in [1.54, 1.807) is 6.20 Å². The van der Waals surface area contributed by atoms with E-state index < -0.39 is 0 Å². The molecule has 0 spiro atoms. The summed E-state index contributed by atoms with van der Waals surface area (Å²) in [7, 11) is 0. The van der Waals surface area contributed by atoms with E-state index in [2.05, 4.69) is 33.6 Å². The summed E-state index contributed by atoms with van der Waals surface area (Å²) in [6.07, 6.45) is 3.13. The quantitative estimate of drug-likeness (QED) is 0.292. The highest BCUT2D eigenvalue weighted by molar-refractivity contribution is 5.53. The van der Waals surface area contributed by atoms with Crippen LogP contribution in [0, 0.1) is 0 Å². The van der Waals surface area contributed by atoms with Crippen LogP contribution in [-0.2, 0) is 6.54 Å². The van der Waals surface area contributed by atoms with E-state index in [1.807, 2.05) is 42.5 Å². The van der Waals surface area contributed by atoms with Crippen LogP contribution in [0.3, 0.4) is 0 Å². The molecule has 0 aliphatic heterocycles. The highest BCUT2D eigenvalue weighted by Crippen LogP contribution is 2.13. The van der Waals surface area contributed by atoms with Crippen LogP contribution in [0.5, 0.6) is 0 Å². The molecular weight excluding hydrogens is 262 g/mol. The van der Waals surface area contributed by atoms with Crippen molar-refractivity contribution in [1.82, 2.24) is 10.7 Å². The Morgan fingerprint density at radius 1 is 0.905 bits per heavy atom. The van der Waals surface area contributed by atoms with Gasteiger partial charge < -0.3 is 21.8 Å². The van der Waals surface area contributed by atoms with E-state index in [0.29, 0.717) is 6.67 Å². The molecule has 5 nitrogen and oxygen atoms in total. The number of nitrogens with one attached hydrogen (secondary N) is 4. The molecule has 2 aromatic carbocycles. The number of hydrazine groups is 1. The molecule has 0 radical (unpaired) electrons. The second-order valence-corrected chi connectivity index (χ2v) is 4.46. The monoisotopic (exact) mass is 283 g/mol. The van der Waals surface area contributed by atoms with Gasteiger partial charge in [-0.25, -0.2) is 5.43 Å². The lowest BCUT2D eigenvalue weighted by molar-refractivity contribution is 0.726. The maximum absolute atomic E-state index is 5.21. The van der Waals surface area contributed by atoms with Gasteiger partial charge in [0.25, 0.3) is 0 Å². The number of nitrogens with two attached hydrogens (primary N) is 1. The minimum absolute atomic E-state index is 0.585. The Morgan fingerprint density at radius 2 is 1.62 bits per heavy atom. The van der Waals surface area contributed by atoms with Gasteiger partial charge in [-0.2, -0.15) is 0 Å². The van der Waals surface area contributed by atoms with Crippen LogP contribution in [-0.4, -0.2) is 6.67 Å². The Balaban J connectivity index is 1.74. The first kappa shape index (κ1) is 14.7. The van der Waals surface area contributed by atoms with E-state index >= 15 is 0 Å². The number of hydrogen-bond donors (Lipinski definition) is 5. The molecule has 0 saturated carbocycles. The van der Waals surface area contributed by atoms with Crippen molar-refractivity contribution in [2.24, 2.45) is 5.73 Å². The smallest absolute Gasteiger partial charge is 0.0823 e. The van der Waals surface area contributed by atoms with Crippen molar-refractivity contribution >= 4 is 11.4 Å². The van der Waals surface area contributed by atoms with Gasteiger partial charge in [0.15, 0.2) is 0 Å². The van der Waals surface area contributed by atoms with Gasteiger partial charge in [0, 0.05) is 30.3 Å². The lowest BCUT2D eigenvalue weighted by atomic mass is 10.2. The summed E-state index contributed by atoms with van der Waals surface area (Å²) < 4.78 is 0. The standard InChI is InChI=1S/C16H21N5/c17-10-11-18-13-20-21-16-8-6-15(7-9-16)19-12-14-4-2-1-3-5-14/h1-11,18-21H,12-13,17H2/b11-10-. The molecule has 0 aliphatic rings. The first-order valence-electron chi connectivity index (χ1n) is 6.85. The Labute approximate surface area is 125 Å². The third-order valence-electron chi connectivity index (χ3n) is 2.86. The van der Waals surface area contributed by atoms with Crippen molar-refractivity contribution in [2.45, 2.75) is 6.54 Å². The second kappa shape index (κ2) is 8.50. The van der Waals surface area contributed by atoms with E-state index in [9.17, 15) is 0 Å². The summed E-state index contributed by atoms with van der Waals surface area (Å²) in [5.74, 6) is 0. The first-order chi connectivity index (χ1) is 10.4. The molecule has 0 bridgehead atoms. The zero-order chi connectivity index (χ0) is 14.8. The van der Waals surface area contributed by atoms with E-state index in [-0.39, 0.29) is 0 Å². The molecule has 110 valence electrons. The van der Waals surface area contributed by atoms with Crippen LogP contribution in [0.1, 0.15) is 5.56 Å². The van der Waals surface area contributed by atoms with Gasteiger partial charge in [0.2, 0.25) is 0 Å². The minimum Gasteiger partial charge on any atom is -0.403 e. The highest BCUT2D eigenvalue weighted by Gasteiger charge is 1.94. The lowest BCUT2D eigenvalue weighted by Crippen LogP contribution is -2.30. The molecule has 5 heteroatoms. The SMILES string of the molecule is N/C=C\NCNNc1ccc(NCc2ccccc2)cc1. The van der Waals surface area contributed by atoms with Crippen LogP contribution >= 0.6 is 0 Å². The maximum Gasteiger partial charge on any atom is 0.0823 e. The molecular formula is C16H21N5. The molecule has 0 amide bonds. The van der Waals surface area contributed by atoms with Crippen molar-refractivity contribution in [3.63, 3.8) is 0 Å². The van der Waals surface area contributed by atoms with Crippen molar-refractivity contribution in [2.75, 3.05) is 17.4 Å². The number of anilines is 2. The Bertz CT molecular complexity index is 536. The van der Waals surface area contributed by atoms with Crippen molar-refractivity contribution < 1.29 is 0 Å². The minimum atomic E-state index is 0.585. The van der Waals surface area contributed by atoms with Crippen LogP contribution in [0.4, 0.5) is 11.4 Å². The summed E-state index contributed by atoms with van der Waals surface area (Å²) >= 11 is 0. The van der Waals surface area contributed by atoms with E-state index in [0.717, 1.165) is 17.9 Å². The average Bonchev–Trinajstić information content (AvgIpc) is 2.55. The Hall–Kier alpha value is -2.66. The van der Waals surface area contributed by atoms with Crippen molar-refractivity contribution in [3.05, 3.63) is 72.6 Å². The molecule has 0 saturated heterocycles. The summed E-state index contributed by atoms with van der Waals surface area (Å²) in [6.45, 7) is 1.41. The number of rotatable bonds is 8. The molecule has 0 aromatic heterocycles. The zero-order valence-electron chi connectivity index (χ0n) is 11.8. The van der Waals surface area contributed by atoms with Crippen LogP contribution < -0.4 is 27.2 Å². The molecule has 2 aromatic rings. The molecule has 21 heavy (non-hydrogen) atoms. The Morgan fingerprint density at radius 3 is 2.33 bits per heavy atom. The molecule has 0 aliphatic carbocycles. The molecule has 6 N–H and O–H groups in total. The zero-order valence-corrected chi connectivity index (χ0v) is 11.8. The normalized spacial score (nSPS) is 10.5. The second-order valence-electron chi connectivity index (χ2n) is 4.46. The van der Waals surface area contributed by atoms with Gasteiger partial charge in [-0.05, 0) is 29.8 Å². The fourth-order valence-electron chi connectivity index (χ4n) is 1.80. The highest BCUT2D eigenvalue weighted by atomic mass is 15.4. The molecule has 0 atom stereocenters. The first-order valence-corrected chi connectivity index (χ1v) is 6.85. The maximum atomic E-state index is 5.21. The van der Waals surface area contributed by atoms with E-state index in [4.69, 9.17) is 5.73 Å².